The molecule has 0 saturated carbocycles. The predicted octanol–water partition coefficient (Wildman–Crippen LogP) is 6.76. The summed E-state index contributed by atoms with van der Waals surface area (Å²) in [6.07, 6.45) is 0. The molecule has 0 amide bonds. The Morgan fingerprint density at radius 3 is 1.17 bits per heavy atom. The summed E-state index contributed by atoms with van der Waals surface area (Å²) in [6, 6.07) is 6.35. The highest BCUT2D eigenvalue weighted by Crippen LogP contribution is 2.46. The minimum Gasteiger partial charge on any atom is -0.507 e. The maximum Gasteiger partial charge on any atom is 0.200 e. The number of hydrogen-bond acceptors (Lipinski definition) is 2. The van der Waals surface area contributed by atoms with Gasteiger partial charge in [-0.05, 0) is 47.9 Å². The van der Waals surface area contributed by atoms with Gasteiger partial charge in [-0.1, -0.05) is 53.7 Å². The summed E-state index contributed by atoms with van der Waals surface area (Å²) in [6.45, 7) is 14.4. The summed E-state index contributed by atoms with van der Waals surface area (Å²) >= 11 is 0. The normalized spacial score (nSPS) is 12.5. The molecule has 8 heteroatoms. The number of hydrogen-bond donors (Lipinski definition) is 2. The molecule has 36 heavy (non-hydrogen) atoms. The van der Waals surface area contributed by atoms with Crippen molar-refractivity contribution in [2.75, 3.05) is 0 Å². The maximum absolute atomic E-state index is 15.3. The molecule has 0 aliphatic heterocycles. The van der Waals surface area contributed by atoms with Crippen LogP contribution in [-0.2, 0) is 10.8 Å². The van der Waals surface area contributed by atoms with E-state index in [1.54, 1.807) is 26.0 Å². The smallest absolute Gasteiger partial charge is 0.200 e. The number of phenolic OH excluding ortho intramolecular Hbond substituents is 2. The highest BCUT2D eigenvalue weighted by atomic mass is 31.1. The van der Waals surface area contributed by atoms with Crippen LogP contribution < -0.4 is 15.9 Å². The Bertz CT molecular complexity index is 1260. The van der Waals surface area contributed by atoms with Gasteiger partial charge >= 0.3 is 0 Å². The molecule has 0 aromatic heterocycles. The van der Waals surface area contributed by atoms with E-state index in [9.17, 15) is 23.4 Å². The molecule has 3 rings (SSSR count). The van der Waals surface area contributed by atoms with Gasteiger partial charge in [0.25, 0.3) is 0 Å². The van der Waals surface area contributed by atoms with E-state index in [0.29, 0.717) is 22.3 Å². The van der Waals surface area contributed by atoms with E-state index < -0.39 is 53.1 Å². The number of phenols is 2. The van der Waals surface area contributed by atoms with Gasteiger partial charge in [-0.15, -0.1) is 0 Å². The van der Waals surface area contributed by atoms with E-state index in [0.717, 1.165) is 0 Å². The number of aromatic hydroxyl groups is 2. The minimum atomic E-state index is -2.63. The Balaban J connectivity index is 2.59. The average molecular weight is 525 g/mol. The Morgan fingerprint density at radius 2 is 0.861 bits per heavy atom. The van der Waals surface area contributed by atoms with E-state index in [1.165, 1.54) is 12.1 Å². The first-order chi connectivity index (χ1) is 16.4. The van der Waals surface area contributed by atoms with Crippen molar-refractivity contribution in [1.82, 2.24) is 0 Å². The zero-order valence-electron chi connectivity index (χ0n) is 21.5. The van der Waals surface area contributed by atoms with Gasteiger partial charge in [0.2, 0.25) is 5.82 Å². The second-order valence-electron chi connectivity index (χ2n) is 11.1. The molecule has 2 nitrogen and oxygen atoms in total. The molecule has 0 spiro atoms. The number of benzene rings is 3. The van der Waals surface area contributed by atoms with E-state index >= 15 is 8.78 Å². The van der Waals surface area contributed by atoms with Crippen LogP contribution in [-0.4, -0.2) is 10.2 Å². The first-order valence-corrected chi connectivity index (χ1v) is 12.7. The van der Waals surface area contributed by atoms with Crippen LogP contribution in [0.5, 0.6) is 11.5 Å². The lowest BCUT2D eigenvalue weighted by atomic mass is 9.85. The van der Waals surface area contributed by atoms with Crippen LogP contribution >= 0.6 is 7.92 Å². The highest BCUT2D eigenvalue weighted by Gasteiger charge is 2.37. The van der Waals surface area contributed by atoms with Crippen molar-refractivity contribution in [1.29, 1.82) is 0 Å². The van der Waals surface area contributed by atoms with Crippen molar-refractivity contribution in [3.05, 3.63) is 75.6 Å². The summed E-state index contributed by atoms with van der Waals surface area (Å²) in [7, 11) is -2.63. The van der Waals surface area contributed by atoms with Crippen molar-refractivity contribution in [2.45, 2.75) is 66.2 Å². The fourth-order valence-electron chi connectivity index (χ4n) is 4.16. The van der Waals surface area contributed by atoms with Gasteiger partial charge in [0.05, 0.1) is 5.30 Å². The van der Waals surface area contributed by atoms with Gasteiger partial charge in [0.1, 0.15) is 11.5 Å². The predicted molar refractivity (Wildman–Crippen MR) is 135 cm³/mol. The molecule has 0 heterocycles. The quantitative estimate of drug-likeness (QED) is 0.172. The average Bonchev–Trinajstić information content (AvgIpc) is 2.75. The first-order valence-electron chi connectivity index (χ1n) is 11.4. The molecule has 3 aromatic carbocycles. The lowest BCUT2D eigenvalue weighted by Gasteiger charge is -2.29. The van der Waals surface area contributed by atoms with Gasteiger partial charge in [-0.25, -0.2) is 22.0 Å². The number of rotatable bonds is 3. The second kappa shape index (κ2) is 9.33. The second-order valence-corrected chi connectivity index (χ2v) is 13.2. The zero-order chi connectivity index (χ0) is 27.5. The zero-order valence-corrected chi connectivity index (χ0v) is 22.4. The van der Waals surface area contributed by atoms with E-state index in [2.05, 4.69) is 0 Å². The van der Waals surface area contributed by atoms with Crippen LogP contribution in [0.3, 0.4) is 0 Å². The molecule has 194 valence electrons. The Morgan fingerprint density at radius 1 is 0.556 bits per heavy atom. The Kier molecular flexibility index (Phi) is 7.24. The monoisotopic (exact) mass is 524 g/mol. The van der Waals surface area contributed by atoms with Crippen LogP contribution in [0.2, 0.25) is 0 Å². The Hall–Kier alpha value is -2.66. The largest absolute Gasteiger partial charge is 0.507 e. The fourth-order valence-corrected chi connectivity index (χ4v) is 6.82. The van der Waals surface area contributed by atoms with Crippen LogP contribution in [0.1, 0.15) is 63.8 Å². The third-order valence-corrected chi connectivity index (χ3v) is 8.46. The minimum absolute atomic E-state index is 0.0149. The third-order valence-electron chi connectivity index (χ3n) is 5.98. The molecule has 0 radical (unpaired) electrons. The summed E-state index contributed by atoms with van der Waals surface area (Å²) in [5.41, 5.74) is 0.912. The van der Waals surface area contributed by atoms with Crippen molar-refractivity contribution >= 4 is 23.8 Å². The number of halogens is 5. The van der Waals surface area contributed by atoms with Crippen molar-refractivity contribution in [2.24, 2.45) is 0 Å². The Labute approximate surface area is 209 Å². The van der Waals surface area contributed by atoms with E-state index in [-0.39, 0.29) is 22.1 Å². The van der Waals surface area contributed by atoms with Crippen molar-refractivity contribution in [3.63, 3.8) is 0 Å². The third kappa shape index (κ3) is 4.82. The van der Waals surface area contributed by atoms with E-state index in [4.69, 9.17) is 0 Å². The van der Waals surface area contributed by atoms with Gasteiger partial charge in [0, 0.05) is 29.7 Å². The summed E-state index contributed by atoms with van der Waals surface area (Å²) in [5.74, 6) is -11.0. The fraction of sp³-hybridized carbons (Fsp3) is 0.357. The van der Waals surface area contributed by atoms with Gasteiger partial charge in [-0.3, -0.25) is 0 Å². The van der Waals surface area contributed by atoms with Crippen LogP contribution in [0.4, 0.5) is 22.0 Å². The van der Waals surface area contributed by atoms with Gasteiger partial charge in [-0.2, -0.15) is 0 Å². The number of aryl methyl sites for hydroxylation is 2. The molecule has 2 N–H and O–H groups in total. The van der Waals surface area contributed by atoms with Gasteiger partial charge in [0.15, 0.2) is 23.3 Å². The highest BCUT2D eigenvalue weighted by molar-refractivity contribution is 7.80. The first kappa shape index (κ1) is 27.9. The molecule has 0 bridgehead atoms. The molecule has 3 aromatic rings. The van der Waals surface area contributed by atoms with Crippen molar-refractivity contribution < 1.29 is 32.2 Å². The topological polar surface area (TPSA) is 40.5 Å². The summed E-state index contributed by atoms with van der Waals surface area (Å²) in [4.78, 5) is 0. The molecule has 0 aliphatic rings. The summed E-state index contributed by atoms with van der Waals surface area (Å²) in [5, 5.41) is 21.6. The molecule has 0 fully saturated rings. The molecule has 0 aliphatic carbocycles. The molecular formula is C28H30F5O2P. The van der Waals surface area contributed by atoms with Crippen LogP contribution in [0, 0.1) is 42.9 Å². The lowest BCUT2D eigenvalue weighted by Crippen LogP contribution is -2.31. The van der Waals surface area contributed by atoms with E-state index in [1.807, 2.05) is 41.5 Å². The summed E-state index contributed by atoms with van der Waals surface area (Å²) < 4.78 is 73.4. The molecular weight excluding hydrogens is 494 g/mol. The van der Waals surface area contributed by atoms with Crippen LogP contribution in [0.25, 0.3) is 0 Å². The molecule has 0 atom stereocenters. The van der Waals surface area contributed by atoms with Crippen molar-refractivity contribution in [3.8, 4) is 11.5 Å². The van der Waals surface area contributed by atoms with Gasteiger partial charge < -0.3 is 10.2 Å². The maximum atomic E-state index is 15.3. The van der Waals surface area contributed by atoms with Crippen LogP contribution in [0.15, 0.2) is 24.3 Å². The molecule has 0 unspecified atom stereocenters. The molecule has 0 saturated heterocycles. The lowest BCUT2D eigenvalue weighted by molar-refractivity contribution is 0.384. The standard InChI is InChI=1S/C28H30F5O2P/c1-13-9-15(27(3,4)5)24(34)17(11-13)36(26-22(32)20(30)19(29)21(31)23(26)33)18-12-14(2)10-16(25(18)35)28(6,7)8/h9-12,34-35H,1-8H3. The SMILES string of the molecule is Cc1cc(P(c2cc(C)cc(C(C)(C)C)c2O)c2c(F)c(F)c(F)c(F)c2F)c(O)c(C(C)(C)C)c1.